The van der Waals surface area contributed by atoms with Crippen molar-refractivity contribution in [2.24, 2.45) is 0 Å². The van der Waals surface area contributed by atoms with Crippen LogP contribution in [-0.2, 0) is 0 Å². The molecule has 1 aliphatic heterocycles. The quantitative estimate of drug-likeness (QED) is 0.744. The smallest absolute Gasteiger partial charge is 0.160 e. The summed E-state index contributed by atoms with van der Waals surface area (Å²) < 4.78 is 3.12. The number of para-hydroxylation sites is 1. The van der Waals surface area contributed by atoms with E-state index in [9.17, 15) is 0 Å². The minimum atomic E-state index is 0.289. The van der Waals surface area contributed by atoms with E-state index in [-0.39, 0.29) is 5.92 Å². The first-order chi connectivity index (χ1) is 9.83. The van der Waals surface area contributed by atoms with Crippen LogP contribution < -0.4 is 5.32 Å². The Kier molecular flexibility index (Phi) is 2.73. The Morgan fingerprint density at radius 1 is 1.15 bits per heavy atom. The Morgan fingerprint density at radius 2 is 2.05 bits per heavy atom. The number of hydrogen-bond donors (Lipinski definition) is 1. The molecule has 2 aromatic heterocycles. The summed E-state index contributed by atoms with van der Waals surface area (Å²) in [4.78, 5) is 0. The maximum atomic E-state index is 4.42. The van der Waals surface area contributed by atoms with Crippen LogP contribution in [0.2, 0.25) is 0 Å². The molecule has 0 saturated heterocycles. The summed E-state index contributed by atoms with van der Waals surface area (Å²) in [5.41, 5.74) is 3.39. The first-order valence-corrected chi connectivity index (χ1v) is 7.45. The van der Waals surface area contributed by atoms with E-state index < -0.39 is 0 Å². The lowest BCUT2D eigenvalue weighted by Crippen LogP contribution is -2.19. The molecule has 0 spiro atoms. The lowest BCUT2D eigenvalue weighted by Gasteiger charge is -2.25. The third kappa shape index (κ3) is 1.81. The fourth-order valence-corrected chi connectivity index (χ4v) is 3.19. The number of benzene rings is 1. The first kappa shape index (κ1) is 11.9. The van der Waals surface area contributed by atoms with Crippen LogP contribution in [0.15, 0.2) is 47.1 Å². The Balaban J connectivity index is 1.90. The summed E-state index contributed by atoms with van der Waals surface area (Å²) in [6.45, 7) is 0.963. The predicted octanol–water partition coefficient (Wildman–Crippen LogP) is 3.44. The molecule has 0 radical (unpaired) electrons. The van der Waals surface area contributed by atoms with Crippen LogP contribution in [-0.4, -0.2) is 21.1 Å². The van der Waals surface area contributed by atoms with Crippen molar-refractivity contribution in [2.75, 3.05) is 11.9 Å². The fourth-order valence-electron chi connectivity index (χ4n) is 2.86. The van der Waals surface area contributed by atoms with Crippen molar-refractivity contribution in [2.45, 2.75) is 12.3 Å². The maximum Gasteiger partial charge on any atom is 0.160 e. The summed E-state index contributed by atoms with van der Waals surface area (Å²) >= 11 is 3.52. The third-order valence-electron chi connectivity index (χ3n) is 3.79. The lowest BCUT2D eigenvalue weighted by atomic mass is 9.90. The second-order valence-corrected chi connectivity index (χ2v) is 5.90. The van der Waals surface area contributed by atoms with E-state index in [4.69, 9.17) is 0 Å². The highest BCUT2D eigenvalue weighted by Crippen LogP contribution is 2.35. The van der Waals surface area contributed by atoms with E-state index in [1.54, 1.807) is 0 Å². The minimum absolute atomic E-state index is 0.289. The SMILES string of the molecule is Brc1ccc2nnc(C3CCNc4ccccc43)n2c1. The van der Waals surface area contributed by atoms with Crippen molar-refractivity contribution in [1.82, 2.24) is 14.6 Å². The molecule has 0 saturated carbocycles. The largest absolute Gasteiger partial charge is 0.385 e. The molecule has 1 aliphatic rings. The summed E-state index contributed by atoms with van der Waals surface area (Å²) in [6.07, 6.45) is 3.07. The normalized spacial score (nSPS) is 17.8. The number of nitrogens with zero attached hydrogens (tertiary/aromatic N) is 3. The highest BCUT2D eigenvalue weighted by molar-refractivity contribution is 9.10. The predicted molar refractivity (Wildman–Crippen MR) is 82.1 cm³/mol. The van der Waals surface area contributed by atoms with E-state index in [2.05, 4.69) is 60.1 Å². The maximum absolute atomic E-state index is 4.42. The van der Waals surface area contributed by atoms with Gasteiger partial charge in [-0.25, -0.2) is 0 Å². The average Bonchev–Trinajstić information content (AvgIpc) is 2.89. The monoisotopic (exact) mass is 328 g/mol. The number of halogens is 1. The van der Waals surface area contributed by atoms with Gasteiger partial charge in [0.15, 0.2) is 5.65 Å². The Labute approximate surface area is 125 Å². The van der Waals surface area contributed by atoms with E-state index in [1.165, 1.54) is 11.3 Å². The van der Waals surface area contributed by atoms with Crippen LogP contribution in [0.1, 0.15) is 23.7 Å². The van der Waals surface area contributed by atoms with Crippen LogP contribution in [0, 0.1) is 0 Å². The van der Waals surface area contributed by atoms with E-state index in [1.807, 2.05) is 18.3 Å². The molecule has 4 nitrogen and oxygen atoms in total. The highest BCUT2D eigenvalue weighted by Gasteiger charge is 2.25. The number of rotatable bonds is 1. The van der Waals surface area contributed by atoms with Crippen molar-refractivity contribution < 1.29 is 0 Å². The molecule has 0 bridgehead atoms. The van der Waals surface area contributed by atoms with Crippen LogP contribution >= 0.6 is 15.9 Å². The molecule has 3 aromatic rings. The van der Waals surface area contributed by atoms with Gasteiger partial charge in [0.25, 0.3) is 0 Å². The number of anilines is 1. The molecular formula is C15H13BrN4. The fraction of sp³-hybridized carbons (Fsp3) is 0.200. The summed E-state index contributed by atoms with van der Waals surface area (Å²) in [6, 6.07) is 12.4. The number of fused-ring (bicyclic) bond motifs is 2. The minimum Gasteiger partial charge on any atom is -0.385 e. The number of pyridine rings is 1. The molecular weight excluding hydrogens is 316 g/mol. The van der Waals surface area contributed by atoms with Crippen LogP contribution in [0.25, 0.3) is 5.65 Å². The standard InChI is InChI=1S/C15H13BrN4/c16-10-5-6-14-18-19-15(20(14)9-10)12-7-8-17-13-4-2-1-3-11(12)13/h1-6,9,12,17H,7-8H2. The number of hydrogen-bond acceptors (Lipinski definition) is 3. The van der Waals surface area contributed by atoms with E-state index >= 15 is 0 Å². The second-order valence-electron chi connectivity index (χ2n) is 4.99. The zero-order chi connectivity index (χ0) is 13.5. The van der Waals surface area contributed by atoms with Gasteiger partial charge in [0, 0.05) is 28.8 Å². The molecule has 0 aliphatic carbocycles. The van der Waals surface area contributed by atoms with Crippen LogP contribution in [0.3, 0.4) is 0 Å². The van der Waals surface area contributed by atoms with Crippen molar-refractivity contribution in [3.63, 3.8) is 0 Å². The molecule has 1 unspecified atom stereocenters. The summed E-state index contributed by atoms with van der Waals surface area (Å²) in [5, 5.41) is 12.2. The molecule has 1 aromatic carbocycles. The molecule has 3 heterocycles. The zero-order valence-electron chi connectivity index (χ0n) is 10.8. The van der Waals surface area contributed by atoms with Crippen molar-refractivity contribution in [3.8, 4) is 0 Å². The van der Waals surface area contributed by atoms with Crippen LogP contribution in [0.5, 0.6) is 0 Å². The molecule has 1 atom stereocenters. The summed E-state index contributed by atoms with van der Waals surface area (Å²) in [7, 11) is 0. The van der Waals surface area contributed by atoms with Gasteiger partial charge in [-0.3, -0.25) is 4.40 Å². The second kappa shape index (κ2) is 4.59. The van der Waals surface area contributed by atoms with Crippen molar-refractivity contribution >= 4 is 27.3 Å². The third-order valence-corrected chi connectivity index (χ3v) is 4.26. The van der Waals surface area contributed by atoms with Gasteiger partial charge in [-0.05, 0) is 46.1 Å². The van der Waals surface area contributed by atoms with Crippen molar-refractivity contribution in [3.05, 3.63) is 58.5 Å². The zero-order valence-corrected chi connectivity index (χ0v) is 12.3. The van der Waals surface area contributed by atoms with Gasteiger partial charge in [-0.2, -0.15) is 0 Å². The first-order valence-electron chi connectivity index (χ1n) is 6.66. The van der Waals surface area contributed by atoms with Gasteiger partial charge in [0.2, 0.25) is 0 Å². The van der Waals surface area contributed by atoms with Crippen molar-refractivity contribution in [1.29, 1.82) is 0 Å². The molecule has 20 heavy (non-hydrogen) atoms. The lowest BCUT2D eigenvalue weighted by molar-refractivity contribution is 0.667. The van der Waals surface area contributed by atoms with Gasteiger partial charge in [-0.1, -0.05) is 18.2 Å². The molecule has 4 rings (SSSR count). The highest BCUT2D eigenvalue weighted by atomic mass is 79.9. The van der Waals surface area contributed by atoms with Gasteiger partial charge >= 0.3 is 0 Å². The average molecular weight is 329 g/mol. The number of nitrogens with one attached hydrogen (secondary N) is 1. The van der Waals surface area contributed by atoms with E-state index in [0.29, 0.717) is 0 Å². The Hall–Kier alpha value is -1.88. The molecule has 100 valence electrons. The van der Waals surface area contributed by atoms with Gasteiger partial charge in [-0.15, -0.1) is 10.2 Å². The topological polar surface area (TPSA) is 42.2 Å². The molecule has 5 heteroatoms. The van der Waals surface area contributed by atoms with E-state index in [0.717, 1.165) is 28.9 Å². The Bertz CT molecular complexity index is 780. The molecule has 0 amide bonds. The van der Waals surface area contributed by atoms with Gasteiger partial charge in [0.05, 0.1) is 0 Å². The molecule has 1 N–H and O–H groups in total. The number of aromatic nitrogens is 3. The van der Waals surface area contributed by atoms with Gasteiger partial charge < -0.3 is 5.32 Å². The van der Waals surface area contributed by atoms with Gasteiger partial charge in [0.1, 0.15) is 5.82 Å². The Morgan fingerprint density at radius 3 is 3.00 bits per heavy atom. The summed E-state index contributed by atoms with van der Waals surface area (Å²) in [5.74, 6) is 1.30. The van der Waals surface area contributed by atoms with Crippen LogP contribution in [0.4, 0.5) is 5.69 Å². The molecule has 0 fully saturated rings.